The lowest BCUT2D eigenvalue weighted by Gasteiger charge is -2.18. The molecule has 0 saturated heterocycles. The van der Waals surface area contributed by atoms with Gasteiger partial charge in [0.1, 0.15) is 0 Å². The fourth-order valence-electron chi connectivity index (χ4n) is 3.85. The number of furan rings is 1. The summed E-state index contributed by atoms with van der Waals surface area (Å²) < 4.78 is 12.4. The minimum atomic E-state index is -0.274. The molecule has 0 spiro atoms. The first-order chi connectivity index (χ1) is 16.0. The van der Waals surface area contributed by atoms with Crippen molar-refractivity contribution in [2.24, 2.45) is 0 Å². The second kappa shape index (κ2) is 8.67. The Bertz CT molecular complexity index is 1440. The number of para-hydroxylation sites is 2. The number of aromatic nitrogens is 2. The van der Waals surface area contributed by atoms with Gasteiger partial charge in [0.15, 0.2) is 22.2 Å². The second-order valence-corrected chi connectivity index (χ2v) is 9.06. The highest BCUT2D eigenvalue weighted by atomic mass is 32.1. The van der Waals surface area contributed by atoms with Crippen LogP contribution in [-0.4, -0.2) is 23.0 Å². The summed E-state index contributed by atoms with van der Waals surface area (Å²) in [5.74, 6) is 0.869. The summed E-state index contributed by atoms with van der Waals surface area (Å²) in [7, 11) is 1.58. The van der Waals surface area contributed by atoms with Crippen LogP contribution in [0.2, 0.25) is 0 Å². The van der Waals surface area contributed by atoms with Crippen LogP contribution in [0.25, 0.3) is 21.2 Å². The molecule has 1 amide bonds. The summed E-state index contributed by atoms with van der Waals surface area (Å²) >= 11 is 1.49. The number of methoxy groups -OCH3 is 1. The van der Waals surface area contributed by atoms with E-state index in [1.165, 1.54) is 11.3 Å². The number of ether oxygens (including phenoxy) is 1. The number of carbonyl (C=O) groups excluding carboxylic acids is 1. The highest BCUT2D eigenvalue weighted by Crippen LogP contribution is 2.36. The fourth-order valence-corrected chi connectivity index (χ4v) is 4.85. The molecule has 0 saturated carbocycles. The average molecular weight is 458 g/mol. The van der Waals surface area contributed by atoms with Gasteiger partial charge in [-0.1, -0.05) is 55.5 Å². The number of rotatable bonds is 6. The van der Waals surface area contributed by atoms with E-state index in [1.807, 2.05) is 48.5 Å². The van der Waals surface area contributed by atoms with Gasteiger partial charge in [-0.3, -0.25) is 14.7 Å². The van der Waals surface area contributed by atoms with E-state index in [9.17, 15) is 4.79 Å². The number of nitrogens with zero attached hydrogens (tertiary/aromatic N) is 3. The molecular formula is C26H23N3O3S. The Labute approximate surface area is 195 Å². The van der Waals surface area contributed by atoms with Gasteiger partial charge in [-0.25, -0.2) is 4.98 Å². The maximum atomic E-state index is 13.7. The largest absolute Gasteiger partial charge is 0.493 e. The van der Waals surface area contributed by atoms with Crippen LogP contribution in [0.1, 0.15) is 41.6 Å². The first kappa shape index (κ1) is 21.2. The zero-order valence-corrected chi connectivity index (χ0v) is 19.4. The van der Waals surface area contributed by atoms with E-state index in [0.717, 1.165) is 26.9 Å². The summed E-state index contributed by atoms with van der Waals surface area (Å²) in [5.41, 5.74) is 3.40. The molecular weight excluding hydrogens is 434 g/mol. The number of carbonyl (C=O) groups is 1. The Morgan fingerprint density at radius 1 is 1.12 bits per heavy atom. The highest BCUT2D eigenvalue weighted by molar-refractivity contribution is 7.22. The average Bonchev–Trinajstić information content (AvgIpc) is 3.46. The molecule has 0 bridgehead atoms. The maximum absolute atomic E-state index is 13.7. The molecule has 0 aliphatic heterocycles. The van der Waals surface area contributed by atoms with E-state index in [2.05, 4.69) is 24.9 Å². The first-order valence-electron chi connectivity index (χ1n) is 10.7. The Hall–Kier alpha value is -3.71. The van der Waals surface area contributed by atoms with Gasteiger partial charge in [-0.2, -0.15) is 0 Å². The third-order valence-corrected chi connectivity index (χ3v) is 6.57. The summed E-state index contributed by atoms with van der Waals surface area (Å²) in [6.07, 6.45) is 1.72. The normalized spacial score (nSPS) is 11.4. The van der Waals surface area contributed by atoms with Gasteiger partial charge in [0.25, 0.3) is 5.91 Å². The van der Waals surface area contributed by atoms with Gasteiger partial charge < -0.3 is 9.15 Å². The molecule has 0 aliphatic rings. The lowest BCUT2D eigenvalue weighted by Crippen LogP contribution is -2.30. The second-order valence-electron chi connectivity index (χ2n) is 8.05. The van der Waals surface area contributed by atoms with Crippen LogP contribution in [0.4, 0.5) is 5.13 Å². The number of fused-ring (bicyclic) bond motifs is 2. The van der Waals surface area contributed by atoms with E-state index in [0.29, 0.717) is 22.4 Å². The van der Waals surface area contributed by atoms with Crippen LogP contribution < -0.4 is 9.64 Å². The third-order valence-electron chi connectivity index (χ3n) is 5.52. The zero-order chi connectivity index (χ0) is 22.9. The van der Waals surface area contributed by atoms with Crippen molar-refractivity contribution in [1.82, 2.24) is 9.97 Å². The summed E-state index contributed by atoms with van der Waals surface area (Å²) in [5, 5.41) is 1.42. The molecule has 3 heterocycles. The van der Waals surface area contributed by atoms with E-state index >= 15 is 0 Å². The number of hydrogen-bond acceptors (Lipinski definition) is 6. The number of pyridine rings is 1. The molecule has 0 fully saturated rings. The van der Waals surface area contributed by atoms with Crippen molar-refractivity contribution in [2.45, 2.75) is 26.3 Å². The van der Waals surface area contributed by atoms with Crippen molar-refractivity contribution < 1.29 is 13.9 Å². The van der Waals surface area contributed by atoms with Crippen LogP contribution in [-0.2, 0) is 6.54 Å². The van der Waals surface area contributed by atoms with Crippen molar-refractivity contribution in [1.29, 1.82) is 0 Å². The standard InChI is InChI=1S/C26H23N3O3S/c1-16(2)19-10-7-12-22-23(19)28-26(33-22)29(15-18-9-4-5-13-27-18)25(30)21-14-17-8-6-11-20(31-3)24(17)32-21/h4-14,16H,15H2,1-3H3. The van der Waals surface area contributed by atoms with E-state index in [-0.39, 0.29) is 18.2 Å². The quantitative estimate of drug-likeness (QED) is 0.294. The molecule has 0 unspecified atom stereocenters. The third kappa shape index (κ3) is 3.96. The molecule has 166 valence electrons. The molecule has 7 heteroatoms. The Kier molecular flexibility index (Phi) is 5.56. The molecule has 2 aromatic carbocycles. The van der Waals surface area contributed by atoms with Crippen molar-refractivity contribution in [3.05, 3.63) is 83.9 Å². The predicted molar refractivity (Wildman–Crippen MR) is 131 cm³/mol. The smallest absolute Gasteiger partial charge is 0.296 e. The highest BCUT2D eigenvalue weighted by Gasteiger charge is 2.26. The maximum Gasteiger partial charge on any atom is 0.296 e. The predicted octanol–water partition coefficient (Wildman–Crippen LogP) is 6.42. The van der Waals surface area contributed by atoms with Gasteiger partial charge in [-0.05, 0) is 41.8 Å². The summed E-state index contributed by atoms with van der Waals surface area (Å²) in [4.78, 5) is 24.7. The van der Waals surface area contributed by atoms with Gasteiger partial charge >= 0.3 is 0 Å². The molecule has 0 radical (unpaired) electrons. The van der Waals surface area contributed by atoms with Crippen LogP contribution in [0.3, 0.4) is 0 Å². The number of anilines is 1. The topological polar surface area (TPSA) is 68.5 Å². The van der Waals surface area contributed by atoms with Crippen molar-refractivity contribution >= 4 is 43.6 Å². The van der Waals surface area contributed by atoms with Gasteiger partial charge in [0, 0.05) is 11.6 Å². The summed E-state index contributed by atoms with van der Waals surface area (Å²) in [6.45, 7) is 4.57. The SMILES string of the molecule is COc1cccc2cc(C(=O)N(Cc3ccccn3)c3nc4c(C(C)C)cccc4s3)oc12. The molecule has 5 rings (SSSR count). The Balaban J connectivity index is 1.61. The van der Waals surface area contributed by atoms with Gasteiger partial charge in [0.05, 0.1) is 29.6 Å². The minimum Gasteiger partial charge on any atom is -0.493 e. The summed E-state index contributed by atoms with van der Waals surface area (Å²) in [6, 6.07) is 19.2. The van der Waals surface area contributed by atoms with Gasteiger partial charge in [0.2, 0.25) is 0 Å². The molecule has 33 heavy (non-hydrogen) atoms. The van der Waals surface area contributed by atoms with E-state index in [1.54, 1.807) is 24.3 Å². The molecule has 6 nitrogen and oxygen atoms in total. The Morgan fingerprint density at radius 3 is 2.73 bits per heavy atom. The number of thiazole rings is 1. The van der Waals surface area contributed by atoms with Crippen molar-refractivity contribution in [3.63, 3.8) is 0 Å². The van der Waals surface area contributed by atoms with Crippen LogP contribution in [0.5, 0.6) is 5.75 Å². The molecule has 0 atom stereocenters. The number of hydrogen-bond donors (Lipinski definition) is 0. The van der Waals surface area contributed by atoms with Crippen LogP contribution >= 0.6 is 11.3 Å². The van der Waals surface area contributed by atoms with Crippen LogP contribution in [0.15, 0.2) is 71.3 Å². The number of amides is 1. The van der Waals surface area contributed by atoms with Gasteiger partial charge in [-0.15, -0.1) is 0 Å². The van der Waals surface area contributed by atoms with Crippen LogP contribution in [0, 0.1) is 0 Å². The molecule has 3 aromatic heterocycles. The van der Waals surface area contributed by atoms with E-state index < -0.39 is 0 Å². The van der Waals surface area contributed by atoms with Crippen molar-refractivity contribution in [3.8, 4) is 5.75 Å². The fraction of sp³-hybridized carbons (Fsp3) is 0.192. The van der Waals surface area contributed by atoms with E-state index in [4.69, 9.17) is 14.1 Å². The lowest BCUT2D eigenvalue weighted by atomic mass is 10.0. The molecule has 5 aromatic rings. The molecule has 0 N–H and O–H groups in total. The van der Waals surface area contributed by atoms with Crippen molar-refractivity contribution in [2.75, 3.05) is 12.0 Å². The number of benzene rings is 2. The molecule has 0 aliphatic carbocycles. The monoisotopic (exact) mass is 457 g/mol. The zero-order valence-electron chi connectivity index (χ0n) is 18.6. The Morgan fingerprint density at radius 2 is 1.97 bits per heavy atom. The minimum absolute atomic E-state index is 0.230. The lowest BCUT2D eigenvalue weighted by molar-refractivity contribution is 0.0960. The first-order valence-corrected chi connectivity index (χ1v) is 11.5.